The zero-order valence-corrected chi connectivity index (χ0v) is 25.5. The van der Waals surface area contributed by atoms with Crippen LogP contribution < -0.4 is 16.4 Å². The summed E-state index contributed by atoms with van der Waals surface area (Å²) in [7, 11) is -1.61. The van der Waals surface area contributed by atoms with Crippen LogP contribution in [0.2, 0.25) is 5.02 Å². The molecule has 44 heavy (non-hydrogen) atoms. The summed E-state index contributed by atoms with van der Waals surface area (Å²) in [5, 5.41) is 10.1. The Balaban J connectivity index is 1.39. The van der Waals surface area contributed by atoms with Crippen LogP contribution in [0.25, 0.3) is 0 Å². The Hall–Kier alpha value is -2.72. The number of nitrogens with one attached hydrogen (secondary N) is 2. The van der Waals surface area contributed by atoms with Gasteiger partial charge in [0.2, 0.25) is 5.91 Å². The maximum absolute atomic E-state index is 15.2. The molecule has 3 aromatic rings. The molecule has 5 rings (SSSR count). The Morgan fingerprint density at radius 1 is 1.25 bits per heavy atom. The number of aryl methyl sites for hydroxylation is 1. The maximum Gasteiger partial charge on any atom is 0.435 e. The van der Waals surface area contributed by atoms with Gasteiger partial charge in [-0.25, -0.2) is 8.70 Å². The second kappa shape index (κ2) is 12.9. The standard InChI is InChI=1S/C29H35ClF4N6O3S/c1-39-24(14-25(38-39)29(32,33)34)26(17-7-9-18(30)10-8-17)27(35)28(41)37-23-6-2-5-22(31)21(23)12-11-20-15-36-19-4-3-13-44(42,43)40(20)16-19/h2,5-10,14,19-20,26-27,36,42-43H,3-4,11-13,15-16,35H2,1H3,(H,37,41)/t19-,20+,26+,27+/m1/s1. The van der Waals surface area contributed by atoms with E-state index in [-0.39, 0.29) is 41.2 Å². The smallest absolute Gasteiger partial charge is 0.324 e. The number of hydrogen-bond donors (Lipinski definition) is 5. The van der Waals surface area contributed by atoms with Crippen LogP contribution in [0.15, 0.2) is 48.5 Å². The fraction of sp³-hybridized carbons (Fsp3) is 0.448. The van der Waals surface area contributed by atoms with Gasteiger partial charge in [0.15, 0.2) is 5.69 Å². The van der Waals surface area contributed by atoms with Crippen molar-refractivity contribution >= 4 is 34.0 Å². The minimum atomic E-state index is -4.71. The van der Waals surface area contributed by atoms with Crippen molar-refractivity contribution in [1.82, 2.24) is 19.4 Å². The van der Waals surface area contributed by atoms with Crippen molar-refractivity contribution < 1.29 is 31.5 Å². The van der Waals surface area contributed by atoms with Crippen LogP contribution in [-0.2, 0) is 24.4 Å². The first-order valence-electron chi connectivity index (χ1n) is 14.2. The van der Waals surface area contributed by atoms with E-state index in [0.29, 0.717) is 36.5 Å². The van der Waals surface area contributed by atoms with Gasteiger partial charge >= 0.3 is 6.18 Å². The maximum atomic E-state index is 15.2. The monoisotopic (exact) mass is 658 g/mol. The van der Waals surface area contributed by atoms with Gasteiger partial charge in [-0.15, -0.1) is 10.8 Å². The van der Waals surface area contributed by atoms with Crippen molar-refractivity contribution in [2.75, 3.05) is 24.2 Å². The van der Waals surface area contributed by atoms with E-state index >= 15 is 4.39 Å². The van der Waals surface area contributed by atoms with Crippen LogP contribution in [0.5, 0.6) is 0 Å². The number of benzene rings is 2. The third-order valence-electron chi connectivity index (χ3n) is 8.32. The van der Waals surface area contributed by atoms with E-state index in [9.17, 15) is 27.1 Å². The number of amides is 1. The highest BCUT2D eigenvalue weighted by Crippen LogP contribution is 2.49. The number of hydrogen-bond acceptors (Lipinski definition) is 7. The van der Waals surface area contributed by atoms with Crippen LogP contribution in [0, 0.1) is 5.82 Å². The van der Waals surface area contributed by atoms with Crippen molar-refractivity contribution in [3.8, 4) is 0 Å². The molecule has 1 amide bonds. The molecule has 3 heterocycles. The predicted molar refractivity (Wildman–Crippen MR) is 162 cm³/mol. The predicted octanol–water partition coefficient (Wildman–Crippen LogP) is 5.36. The molecule has 0 radical (unpaired) electrons. The molecule has 9 nitrogen and oxygen atoms in total. The van der Waals surface area contributed by atoms with Crippen LogP contribution in [0.1, 0.15) is 47.7 Å². The van der Waals surface area contributed by atoms with Crippen LogP contribution >= 0.6 is 22.4 Å². The van der Waals surface area contributed by atoms with Crippen LogP contribution in [0.4, 0.5) is 23.2 Å². The molecule has 1 aromatic heterocycles. The van der Waals surface area contributed by atoms with Crippen molar-refractivity contribution in [3.63, 3.8) is 0 Å². The Kier molecular flexibility index (Phi) is 9.61. The molecule has 0 spiro atoms. The SMILES string of the molecule is Cn1nc(C(F)(F)F)cc1[C@H](c1ccc(Cl)cc1)[C@H](N)C(=O)Nc1cccc(F)c1CC[C@H]1CN[C@@H]2CCCS(O)(O)N1C2. The first-order valence-corrected chi connectivity index (χ1v) is 16.3. The van der Waals surface area contributed by atoms with Crippen LogP contribution in [-0.4, -0.2) is 66.1 Å². The number of rotatable bonds is 8. The van der Waals surface area contributed by atoms with Gasteiger partial charge in [-0.2, -0.15) is 18.3 Å². The number of nitrogens with two attached hydrogens (primary N) is 1. The summed E-state index contributed by atoms with van der Waals surface area (Å²) >= 11 is 6.03. The molecule has 2 aliphatic heterocycles. The Labute approximate surface area is 259 Å². The lowest BCUT2D eigenvalue weighted by Crippen LogP contribution is -2.55. The normalized spacial score (nSPS) is 23.8. The average Bonchev–Trinajstić information content (AvgIpc) is 3.30. The summed E-state index contributed by atoms with van der Waals surface area (Å²) in [6.45, 7) is 0.994. The minimum absolute atomic E-state index is 0.0568. The molecule has 2 aliphatic rings. The lowest BCUT2D eigenvalue weighted by atomic mass is 9.88. The van der Waals surface area contributed by atoms with Gasteiger partial charge in [0, 0.05) is 54.2 Å². The second-order valence-electron chi connectivity index (χ2n) is 11.3. The number of carbonyl (C=O) groups excluding carboxylic acids is 1. The van der Waals surface area contributed by atoms with Gasteiger partial charge in [0.25, 0.3) is 0 Å². The number of nitrogens with zero attached hydrogens (tertiary/aromatic N) is 3. The fourth-order valence-corrected chi connectivity index (χ4v) is 8.02. The summed E-state index contributed by atoms with van der Waals surface area (Å²) in [6, 6.07) is 9.82. The third-order valence-corrected chi connectivity index (χ3v) is 10.6. The first kappa shape index (κ1) is 32.7. The molecular weight excluding hydrogens is 624 g/mol. The van der Waals surface area contributed by atoms with Crippen molar-refractivity contribution in [2.45, 2.75) is 55.9 Å². The van der Waals surface area contributed by atoms with E-state index in [1.165, 1.54) is 25.2 Å². The Morgan fingerprint density at radius 2 is 1.98 bits per heavy atom. The first-order chi connectivity index (χ1) is 20.7. The molecule has 0 aliphatic carbocycles. The number of piperazine rings is 1. The van der Waals surface area contributed by atoms with E-state index in [2.05, 4.69) is 15.7 Å². The molecule has 5 atom stereocenters. The highest BCUT2D eigenvalue weighted by atomic mass is 35.5. The number of alkyl halides is 3. The zero-order valence-electron chi connectivity index (χ0n) is 23.9. The Bertz CT molecular complexity index is 1490. The van der Waals surface area contributed by atoms with Crippen molar-refractivity contribution in [3.05, 3.63) is 81.9 Å². The molecule has 2 fully saturated rings. The summed E-state index contributed by atoms with van der Waals surface area (Å²) in [6.07, 6.45) is -2.61. The molecule has 2 saturated heterocycles. The number of halogens is 5. The number of carbonyl (C=O) groups is 1. The molecule has 240 valence electrons. The lowest BCUT2D eigenvalue weighted by Gasteiger charge is -2.49. The van der Waals surface area contributed by atoms with Crippen molar-refractivity contribution in [1.29, 1.82) is 0 Å². The third kappa shape index (κ3) is 7.06. The van der Waals surface area contributed by atoms with Crippen molar-refractivity contribution in [2.24, 2.45) is 12.8 Å². The van der Waals surface area contributed by atoms with Gasteiger partial charge < -0.3 is 16.4 Å². The molecule has 6 N–H and O–H groups in total. The van der Waals surface area contributed by atoms with E-state index in [1.807, 2.05) is 0 Å². The summed E-state index contributed by atoms with van der Waals surface area (Å²) < 4.78 is 80.0. The molecule has 15 heteroatoms. The fourth-order valence-electron chi connectivity index (χ4n) is 6.03. The molecule has 2 aromatic carbocycles. The largest absolute Gasteiger partial charge is 0.435 e. The topological polar surface area (TPSA) is 129 Å². The number of fused-ring (bicyclic) bond motifs is 2. The van der Waals surface area contributed by atoms with E-state index < -0.39 is 46.3 Å². The van der Waals surface area contributed by atoms with Gasteiger partial charge in [-0.1, -0.05) is 29.8 Å². The zero-order chi connectivity index (χ0) is 31.8. The molecule has 2 bridgehead atoms. The second-order valence-corrected chi connectivity index (χ2v) is 13.8. The van der Waals surface area contributed by atoms with E-state index in [0.717, 1.165) is 17.2 Å². The van der Waals surface area contributed by atoms with Gasteiger partial charge in [-0.05, 0) is 61.6 Å². The molecular formula is C29H35ClF4N6O3S. The van der Waals surface area contributed by atoms with Gasteiger partial charge in [0.05, 0.1) is 17.7 Å². The van der Waals surface area contributed by atoms with E-state index in [1.54, 1.807) is 28.6 Å². The number of aromatic nitrogens is 2. The van der Waals surface area contributed by atoms with Gasteiger partial charge in [0.1, 0.15) is 5.82 Å². The summed E-state index contributed by atoms with van der Waals surface area (Å²) in [5.41, 5.74) is 6.20. The quantitative estimate of drug-likeness (QED) is 0.206. The molecule has 1 unspecified atom stereocenters. The highest BCUT2D eigenvalue weighted by molar-refractivity contribution is 8.22. The van der Waals surface area contributed by atoms with Gasteiger partial charge in [-0.3, -0.25) is 18.6 Å². The van der Waals surface area contributed by atoms with Crippen LogP contribution in [0.3, 0.4) is 0 Å². The summed E-state index contributed by atoms with van der Waals surface area (Å²) in [4.78, 5) is 13.6. The summed E-state index contributed by atoms with van der Waals surface area (Å²) in [5.74, 6) is -2.06. The number of anilines is 1. The van der Waals surface area contributed by atoms with E-state index in [4.69, 9.17) is 17.3 Å². The Morgan fingerprint density at radius 3 is 2.66 bits per heavy atom. The highest BCUT2D eigenvalue weighted by Gasteiger charge is 2.39. The lowest BCUT2D eigenvalue weighted by molar-refractivity contribution is -0.141. The molecule has 0 saturated carbocycles. The minimum Gasteiger partial charge on any atom is -0.324 e. The average molecular weight is 659 g/mol.